The van der Waals surface area contributed by atoms with Gasteiger partial charge in [0.2, 0.25) is 5.91 Å². The Bertz CT molecular complexity index is 530. The van der Waals surface area contributed by atoms with E-state index in [1.165, 1.54) is 4.90 Å². The topological polar surface area (TPSA) is 86.7 Å². The van der Waals surface area contributed by atoms with Crippen LogP contribution in [-0.4, -0.2) is 46.9 Å². The van der Waals surface area contributed by atoms with Gasteiger partial charge in [-0.05, 0) is 31.4 Å². The highest BCUT2D eigenvalue weighted by Gasteiger charge is 2.31. The predicted octanol–water partition coefficient (Wildman–Crippen LogP) is 0.882. The average Bonchev–Trinajstić information content (AvgIpc) is 2.53. The lowest BCUT2D eigenvalue weighted by Crippen LogP contribution is -2.51. The Kier molecular flexibility index (Phi) is 4.92. The largest absolute Gasteiger partial charge is 0.480 e. The Morgan fingerprint density at radius 3 is 2.57 bits per heavy atom. The van der Waals surface area contributed by atoms with Crippen LogP contribution >= 0.6 is 0 Å². The standard InChI is InChI=1S/C15H18N2O4/c18-13(17-9-5-4-8-12(17)15(20)21)10-16-14(19)11-6-2-1-3-7-11/h1-3,6-7,12H,4-5,8-10H2,(H,16,19)(H,20,21). The molecule has 1 unspecified atom stereocenters. The summed E-state index contributed by atoms with van der Waals surface area (Å²) in [5, 5.41) is 11.7. The molecule has 0 bridgehead atoms. The fourth-order valence-corrected chi connectivity index (χ4v) is 2.44. The number of hydrogen-bond acceptors (Lipinski definition) is 3. The number of carboxylic acids is 1. The van der Waals surface area contributed by atoms with Gasteiger partial charge in [0.1, 0.15) is 6.04 Å². The van der Waals surface area contributed by atoms with Gasteiger partial charge in [-0.25, -0.2) is 4.79 Å². The van der Waals surface area contributed by atoms with E-state index in [0.717, 1.165) is 12.8 Å². The van der Waals surface area contributed by atoms with E-state index < -0.39 is 12.0 Å². The number of rotatable bonds is 4. The molecule has 0 saturated carbocycles. The normalized spacial score (nSPS) is 18.1. The van der Waals surface area contributed by atoms with Crippen molar-refractivity contribution < 1.29 is 19.5 Å². The van der Waals surface area contributed by atoms with E-state index >= 15 is 0 Å². The summed E-state index contributed by atoms with van der Waals surface area (Å²) in [5.74, 6) is -1.68. The highest BCUT2D eigenvalue weighted by atomic mass is 16.4. The van der Waals surface area contributed by atoms with Crippen molar-refractivity contribution in [1.29, 1.82) is 0 Å². The number of hydrogen-bond donors (Lipinski definition) is 2. The number of amides is 2. The maximum Gasteiger partial charge on any atom is 0.326 e. The molecule has 2 N–H and O–H groups in total. The molecular weight excluding hydrogens is 272 g/mol. The molecule has 0 spiro atoms. The highest BCUT2D eigenvalue weighted by Crippen LogP contribution is 2.17. The van der Waals surface area contributed by atoms with Gasteiger partial charge in [0.15, 0.2) is 0 Å². The summed E-state index contributed by atoms with van der Waals surface area (Å²) < 4.78 is 0. The minimum absolute atomic E-state index is 0.183. The average molecular weight is 290 g/mol. The molecule has 1 heterocycles. The smallest absolute Gasteiger partial charge is 0.326 e. The van der Waals surface area contributed by atoms with Crippen molar-refractivity contribution in [2.75, 3.05) is 13.1 Å². The Balaban J connectivity index is 1.92. The van der Waals surface area contributed by atoms with Gasteiger partial charge in [-0.15, -0.1) is 0 Å². The Morgan fingerprint density at radius 1 is 1.19 bits per heavy atom. The summed E-state index contributed by atoms with van der Waals surface area (Å²) in [6, 6.07) is 7.80. The fourth-order valence-electron chi connectivity index (χ4n) is 2.44. The second kappa shape index (κ2) is 6.88. The number of nitrogens with zero attached hydrogens (tertiary/aromatic N) is 1. The monoisotopic (exact) mass is 290 g/mol. The summed E-state index contributed by atoms with van der Waals surface area (Å²) in [5.41, 5.74) is 0.471. The van der Waals surface area contributed by atoms with Crippen molar-refractivity contribution in [3.8, 4) is 0 Å². The molecule has 0 aromatic heterocycles. The van der Waals surface area contributed by atoms with Gasteiger partial charge in [0, 0.05) is 12.1 Å². The molecule has 1 saturated heterocycles. The predicted molar refractivity (Wildman–Crippen MR) is 75.8 cm³/mol. The Morgan fingerprint density at radius 2 is 1.90 bits per heavy atom. The van der Waals surface area contributed by atoms with Gasteiger partial charge in [-0.2, -0.15) is 0 Å². The van der Waals surface area contributed by atoms with Gasteiger partial charge in [0.25, 0.3) is 5.91 Å². The zero-order valence-corrected chi connectivity index (χ0v) is 11.6. The molecule has 1 aliphatic heterocycles. The van der Waals surface area contributed by atoms with E-state index in [1.54, 1.807) is 30.3 Å². The third-order valence-corrected chi connectivity index (χ3v) is 3.54. The molecule has 21 heavy (non-hydrogen) atoms. The van der Waals surface area contributed by atoms with E-state index in [2.05, 4.69) is 5.32 Å². The van der Waals surface area contributed by atoms with Crippen molar-refractivity contribution in [2.45, 2.75) is 25.3 Å². The van der Waals surface area contributed by atoms with Crippen LogP contribution in [0.15, 0.2) is 30.3 Å². The lowest BCUT2D eigenvalue weighted by molar-refractivity contribution is -0.151. The first-order chi connectivity index (χ1) is 10.1. The number of carbonyl (C=O) groups excluding carboxylic acids is 2. The van der Waals surface area contributed by atoms with Gasteiger partial charge < -0.3 is 15.3 Å². The third-order valence-electron chi connectivity index (χ3n) is 3.54. The van der Waals surface area contributed by atoms with Crippen LogP contribution in [0.3, 0.4) is 0 Å². The SMILES string of the molecule is O=C(NCC(=O)N1CCCCC1C(=O)O)c1ccccc1. The second-order valence-corrected chi connectivity index (χ2v) is 4.99. The van der Waals surface area contributed by atoms with Crippen LogP contribution in [0, 0.1) is 0 Å². The summed E-state index contributed by atoms with van der Waals surface area (Å²) in [7, 11) is 0. The molecule has 112 valence electrons. The lowest BCUT2D eigenvalue weighted by Gasteiger charge is -2.33. The summed E-state index contributed by atoms with van der Waals surface area (Å²) in [4.78, 5) is 36.4. The highest BCUT2D eigenvalue weighted by molar-refractivity contribution is 5.96. The van der Waals surface area contributed by atoms with Gasteiger partial charge >= 0.3 is 5.97 Å². The van der Waals surface area contributed by atoms with Crippen LogP contribution in [0.2, 0.25) is 0 Å². The molecule has 2 amide bonds. The molecule has 1 aliphatic rings. The number of nitrogens with one attached hydrogen (secondary N) is 1. The Hall–Kier alpha value is -2.37. The van der Waals surface area contributed by atoms with Crippen molar-refractivity contribution in [3.63, 3.8) is 0 Å². The number of benzene rings is 1. The molecule has 0 aliphatic carbocycles. The van der Waals surface area contributed by atoms with Crippen LogP contribution in [0.5, 0.6) is 0 Å². The molecule has 1 aromatic rings. The van der Waals surface area contributed by atoms with E-state index in [1.807, 2.05) is 0 Å². The van der Waals surface area contributed by atoms with Crippen LogP contribution in [0.4, 0.5) is 0 Å². The molecule has 6 heteroatoms. The molecule has 6 nitrogen and oxygen atoms in total. The zero-order chi connectivity index (χ0) is 15.2. The van der Waals surface area contributed by atoms with E-state index in [4.69, 9.17) is 5.11 Å². The van der Waals surface area contributed by atoms with Crippen molar-refractivity contribution in [3.05, 3.63) is 35.9 Å². The fraction of sp³-hybridized carbons (Fsp3) is 0.400. The van der Waals surface area contributed by atoms with Crippen LogP contribution < -0.4 is 5.32 Å². The quantitative estimate of drug-likeness (QED) is 0.862. The van der Waals surface area contributed by atoms with Crippen LogP contribution in [-0.2, 0) is 9.59 Å². The number of likely N-dealkylation sites (tertiary alicyclic amines) is 1. The number of aliphatic carboxylic acids is 1. The third kappa shape index (κ3) is 3.81. The van der Waals surface area contributed by atoms with Crippen molar-refractivity contribution in [1.82, 2.24) is 10.2 Å². The van der Waals surface area contributed by atoms with E-state index in [-0.39, 0.29) is 18.4 Å². The minimum Gasteiger partial charge on any atom is -0.480 e. The summed E-state index contributed by atoms with van der Waals surface area (Å²) >= 11 is 0. The molecule has 1 fully saturated rings. The molecular formula is C15H18N2O4. The molecule has 2 rings (SSSR count). The minimum atomic E-state index is -0.988. The van der Waals surface area contributed by atoms with Crippen LogP contribution in [0.25, 0.3) is 0 Å². The summed E-state index contributed by atoms with van der Waals surface area (Å²) in [6.07, 6.45) is 2.06. The lowest BCUT2D eigenvalue weighted by atomic mass is 10.0. The zero-order valence-electron chi connectivity index (χ0n) is 11.6. The van der Waals surface area contributed by atoms with Crippen molar-refractivity contribution >= 4 is 17.8 Å². The van der Waals surface area contributed by atoms with E-state index in [0.29, 0.717) is 18.5 Å². The number of carbonyl (C=O) groups is 3. The summed E-state index contributed by atoms with van der Waals surface area (Å²) in [6.45, 7) is 0.245. The van der Waals surface area contributed by atoms with Crippen molar-refractivity contribution in [2.24, 2.45) is 0 Å². The van der Waals surface area contributed by atoms with Gasteiger partial charge in [-0.3, -0.25) is 9.59 Å². The number of piperidine rings is 1. The van der Waals surface area contributed by atoms with Crippen LogP contribution in [0.1, 0.15) is 29.6 Å². The second-order valence-electron chi connectivity index (χ2n) is 4.99. The first kappa shape index (κ1) is 15.0. The number of carboxylic acid groups (broad SMARTS) is 1. The molecule has 1 atom stereocenters. The van der Waals surface area contributed by atoms with Gasteiger partial charge in [-0.1, -0.05) is 18.2 Å². The molecule has 1 aromatic carbocycles. The molecule has 0 radical (unpaired) electrons. The maximum atomic E-state index is 12.1. The maximum absolute atomic E-state index is 12.1. The first-order valence-corrected chi connectivity index (χ1v) is 6.95. The van der Waals surface area contributed by atoms with E-state index in [9.17, 15) is 14.4 Å². The Labute approximate surface area is 122 Å². The van der Waals surface area contributed by atoms with Gasteiger partial charge in [0.05, 0.1) is 6.54 Å². The first-order valence-electron chi connectivity index (χ1n) is 6.95.